The Morgan fingerprint density at radius 2 is 2.19 bits per heavy atom. The molecule has 0 radical (unpaired) electrons. The maximum Gasteiger partial charge on any atom is 0.222 e. The lowest BCUT2D eigenvalue weighted by Crippen LogP contribution is -2.45. The molecule has 6 heteroatoms. The summed E-state index contributed by atoms with van der Waals surface area (Å²) in [6.07, 6.45) is 2.39. The molecule has 1 amide bonds. The fourth-order valence-electron chi connectivity index (χ4n) is 3.16. The van der Waals surface area contributed by atoms with E-state index in [-0.39, 0.29) is 11.9 Å². The van der Waals surface area contributed by atoms with Crippen molar-refractivity contribution in [1.29, 1.82) is 0 Å². The summed E-state index contributed by atoms with van der Waals surface area (Å²) in [6.45, 7) is 9.11. The fraction of sp³-hybridized carbons (Fsp3) is 0.600. The number of ether oxygens (including phenoxy) is 1. The molecule has 1 aromatic rings. The van der Waals surface area contributed by atoms with Crippen molar-refractivity contribution >= 4 is 11.9 Å². The zero-order valence-corrected chi connectivity index (χ0v) is 16.5. The zero-order valence-electron chi connectivity index (χ0n) is 16.5. The van der Waals surface area contributed by atoms with Crippen molar-refractivity contribution in [3.05, 3.63) is 29.3 Å². The molecule has 1 atom stereocenters. The Morgan fingerprint density at radius 1 is 1.38 bits per heavy atom. The zero-order chi connectivity index (χ0) is 18.9. The van der Waals surface area contributed by atoms with Crippen LogP contribution in [0.15, 0.2) is 23.2 Å². The second-order valence-corrected chi connectivity index (χ2v) is 6.64. The minimum atomic E-state index is 0.226. The lowest BCUT2D eigenvalue weighted by molar-refractivity contribution is -0.129. The van der Waals surface area contributed by atoms with Crippen molar-refractivity contribution in [2.75, 3.05) is 33.3 Å². The van der Waals surface area contributed by atoms with Gasteiger partial charge in [0.25, 0.3) is 0 Å². The maximum absolute atomic E-state index is 11.8. The predicted molar refractivity (Wildman–Crippen MR) is 106 cm³/mol. The molecule has 1 saturated heterocycles. The van der Waals surface area contributed by atoms with Gasteiger partial charge in [-0.3, -0.25) is 9.79 Å². The first kappa shape index (κ1) is 20.1. The van der Waals surface area contributed by atoms with Gasteiger partial charge in [-0.2, -0.15) is 0 Å². The van der Waals surface area contributed by atoms with E-state index in [9.17, 15) is 4.79 Å². The smallest absolute Gasteiger partial charge is 0.222 e. The summed E-state index contributed by atoms with van der Waals surface area (Å²) >= 11 is 0. The van der Waals surface area contributed by atoms with Gasteiger partial charge >= 0.3 is 0 Å². The van der Waals surface area contributed by atoms with Crippen LogP contribution in [-0.2, 0) is 11.2 Å². The Bertz CT molecular complexity index is 630. The molecule has 144 valence electrons. The van der Waals surface area contributed by atoms with Crippen LogP contribution in [0.2, 0.25) is 0 Å². The molecule has 1 heterocycles. The number of carbonyl (C=O) groups is 1. The van der Waals surface area contributed by atoms with Crippen molar-refractivity contribution < 1.29 is 9.53 Å². The number of hydrogen-bond donors (Lipinski definition) is 2. The molecule has 1 aliphatic heterocycles. The van der Waals surface area contributed by atoms with Crippen molar-refractivity contribution in [2.45, 2.75) is 46.1 Å². The lowest BCUT2D eigenvalue weighted by atomic mass is 10.1. The minimum absolute atomic E-state index is 0.226. The standard InChI is InChI=1S/C20H32N4O2/c1-5-19(25)24-12-10-17(14-24)23-20(21-6-2)22-11-9-16-8-7-15(3)18(13-16)26-4/h7-8,13,17H,5-6,9-12,14H2,1-4H3,(H2,21,22,23). The molecule has 2 N–H and O–H groups in total. The van der Waals surface area contributed by atoms with E-state index in [4.69, 9.17) is 9.73 Å². The van der Waals surface area contributed by atoms with Crippen LogP contribution in [0, 0.1) is 6.92 Å². The van der Waals surface area contributed by atoms with Crippen LogP contribution in [0.5, 0.6) is 5.75 Å². The highest BCUT2D eigenvalue weighted by molar-refractivity contribution is 5.80. The van der Waals surface area contributed by atoms with E-state index in [1.54, 1.807) is 7.11 Å². The molecule has 0 saturated carbocycles. The molecular weight excluding hydrogens is 328 g/mol. The van der Waals surface area contributed by atoms with Crippen molar-refractivity contribution in [3.63, 3.8) is 0 Å². The molecule has 0 aliphatic carbocycles. The normalized spacial score (nSPS) is 17.3. The Balaban J connectivity index is 1.89. The van der Waals surface area contributed by atoms with Crippen LogP contribution in [-0.4, -0.2) is 56.1 Å². The van der Waals surface area contributed by atoms with Gasteiger partial charge in [0.2, 0.25) is 5.91 Å². The quantitative estimate of drug-likeness (QED) is 0.577. The van der Waals surface area contributed by atoms with Crippen LogP contribution in [0.3, 0.4) is 0 Å². The monoisotopic (exact) mass is 360 g/mol. The van der Waals surface area contributed by atoms with Gasteiger partial charge < -0.3 is 20.3 Å². The van der Waals surface area contributed by atoms with Gasteiger partial charge in [-0.25, -0.2) is 0 Å². The second kappa shape index (κ2) is 10.0. The number of likely N-dealkylation sites (tertiary alicyclic amines) is 1. The topological polar surface area (TPSA) is 66.0 Å². The first-order valence-electron chi connectivity index (χ1n) is 9.53. The van der Waals surface area contributed by atoms with Gasteiger partial charge in [0.1, 0.15) is 5.75 Å². The van der Waals surface area contributed by atoms with E-state index in [1.807, 2.05) is 18.7 Å². The maximum atomic E-state index is 11.8. The summed E-state index contributed by atoms with van der Waals surface area (Å²) < 4.78 is 5.39. The minimum Gasteiger partial charge on any atom is -0.496 e. The highest BCUT2D eigenvalue weighted by Crippen LogP contribution is 2.19. The average Bonchev–Trinajstić information content (AvgIpc) is 3.11. The van der Waals surface area contributed by atoms with Crippen LogP contribution in [0.4, 0.5) is 0 Å². The van der Waals surface area contributed by atoms with E-state index < -0.39 is 0 Å². The number of methoxy groups -OCH3 is 1. The Labute approximate surface area is 157 Å². The number of nitrogens with one attached hydrogen (secondary N) is 2. The third-order valence-electron chi connectivity index (χ3n) is 4.67. The largest absolute Gasteiger partial charge is 0.496 e. The predicted octanol–water partition coefficient (Wildman–Crippen LogP) is 2.11. The molecule has 1 aliphatic rings. The molecule has 6 nitrogen and oxygen atoms in total. The van der Waals surface area contributed by atoms with E-state index in [1.165, 1.54) is 5.56 Å². The molecular formula is C20H32N4O2. The highest BCUT2D eigenvalue weighted by atomic mass is 16.5. The molecule has 1 aromatic carbocycles. The summed E-state index contributed by atoms with van der Waals surface area (Å²) in [6, 6.07) is 6.55. The summed E-state index contributed by atoms with van der Waals surface area (Å²) in [4.78, 5) is 18.4. The van der Waals surface area contributed by atoms with Gasteiger partial charge in [0.15, 0.2) is 5.96 Å². The third-order valence-corrected chi connectivity index (χ3v) is 4.67. The Morgan fingerprint density at radius 3 is 2.88 bits per heavy atom. The van der Waals surface area contributed by atoms with Gasteiger partial charge in [-0.1, -0.05) is 19.1 Å². The number of amides is 1. The van der Waals surface area contributed by atoms with Crippen LogP contribution in [0.1, 0.15) is 37.8 Å². The first-order chi connectivity index (χ1) is 12.6. The average molecular weight is 361 g/mol. The van der Waals surface area contributed by atoms with Crippen LogP contribution < -0.4 is 15.4 Å². The van der Waals surface area contributed by atoms with E-state index in [0.717, 1.165) is 49.7 Å². The number of benzene rings is 1. The number of hydrogen-bond acceptors (Lipinski definition) is 3. The number of aryl methyl sites for hydroxylation is 1. The number of rotatable bonds is 7. The molecule has 1 unspecified atom stereocenters. The number of carbonyl (C=O) groups excluding carboxylic acids is 1. The first-order valence-corrected chi connectivity index (χ1v) is 9.53. The number of guanidine groups is 1. The van der Waals surface area contributed by atoms with Gasteiger partial charge in [-0.15, -0.1) is 0 Å². The summed E-state index contributed by atoms with van der Waals surface area (Å²) in [7, 11) is 1.70. The fourth-order valence-corrected chi connectivity index (χ4v) is 3.16. The van der Waals surface area contributed by atoms with Crippen molar-refractivity contribution in [3.8, 4) is 5.75 Å². The van der Waals surface area contributed by atoms with Crippen molar-refractivity contribution in [1.82, 2.24) is 15.5 Å². The number of nitrogens with zero attached hydrogens (tertiary/aromatic N) is 2. The van der Waals surface area contributed by atoms with Crippen LogP contribution in [0.25, 0.3) is 0 Å². The Hall–Kier alpha value is -2.24. The van der Waals surface area contributed by atoms with Gasteiger partial charge in [0, 0.05) is 38.6 Å². The van der Waals surface area contributed by atoms with Gasteiger partial charge in [-0.05, 0) is 43.9 Å². The summed E-state index contributed by atoms with van der Waals surface area (Å²) in [5, 5.41) is 6.76. The van der Waals surface area contributed by atoms with Crippen LogP contribution >= 0.6 is 0 Å². The van der Waals surface area contributed by atoms with E-state index in [0.29, 0.717) is 13.0 Å². The van der Waals surface area contributed by atoms with E-state index >= 15 is 0 Å². The molecule has 0 bridgehead atoms. The lowest BCUT2D eigenvalue weighted by Gasteiger charge is -2.18. The Kier molecular flexibility index (Phi) is 7.75. The molecule has 2 rings (SSSR count). The molecule has 26 heavy (non-hydrogen) atoms. The van der Waals surface area contributed by atoms with Gasteiger partial charge in [0.05, 0.1) is 7.11 Å². The molecule has 0 spiro atoms. The molecule has 0 aromatic heterocycles. The second-order valence-electron chi connectivity index (χ2n) is 6.64. The SMILES string of the molecule is CCNC(=NCCc1ccc(C)c(OC)c1)NC1CCN(C(=O)CC)C1. The van der Waals surface area contributed by atoms with E-state index in [2.05, 4.69) is 35.8 Å². The number of aliphatic imine (C=N–C) groups is 1. The summed E-state index contributed by atoms with van der Waals surface area (Å²) in [5.41, 5.74) is 2.36. The highest BCUT2D eigenvalue weighted by Gasteiger charge is 2.25. The third kappa shape index (κ3) is 5.64. The molecule has 1 fully saturated rings. The van der Waals surface area contributed by atoms with Crippen molar-refractivity contribution in [2.24, 2.45) is 4.99 Å². The summed E-state index contributed by atoms with van der Waals surface area (Å²) in [5.74, 6) is 1.97.